The molecule has 1 aliphatic heterocycles. The molecule has 4 heteroatoms. The highest BCUT2D eigenvalue weighted by Gasteiger charge is 2.27. The molecule has 0 aromatic heterocycles. The minimum Gasteiger partial charge on any atom is -0.379 e. The van der Waals surface area contributed by atoms with Crippen LogP contribution in [0.25, 0.3) is 0 Å². The van der Waals surface area contributed by atoms with E-state index >= 15 is 0 Å². The van der Waals surface area contributed by atoms with Crippen LogP contribution in [0.1, 0.15) is 13.3 Å². The SMILES string of the molecule is C=CCO[C@H]1C=CC(OCCOCC)O[C@@H]1CC=C. The second-order valence-corrected chi connectivity index (χ2v) is 4.11. The molecule has 0 fully saturated rings. The van der Waals surface area contributed by atoms with Crippen LogP contribution in [0.3, 0.4) is 0 Å². The Bertz CT molecular complexity index is 288. The van der Waals surface area contributed by atoms with Crippen LogP contribution in [-0.2, 0) is 18.9 Å². The standard InChI is InChI=1S/C15H24O4/c1-4-7-14-13(17-10-5-2)8-9-15(19-14)18-12-11-16-6-3/h4-5,8-9,13-15H,1-2,6-7,10-12H2,3H3/t13-,14+,15?/m0/s1. The van der Waals surface area contributed by atoms with Gasteiger partial charge in [-0.3, -0.25) is 0 Å². The molecule has 0 N–H and O–H groups in total. The van der Waals surface area contributed by atoms with Crippen molar-refractivity contribution in [1.29, 1.82) is 0 Å². The van der Waals surface area contributed by atoms with E-state index in [0.717, 1.165) is 6.42 Å². The summed E-state index contributed by atoms with van der Waals surface area (Å²) in [7, 11) is 0. The molecule has 0 saturated heterocycles. The number of rotatable bonds is 10. The highest BCUT2D eigenvalue weighted by atomic mass is 16.7. The molecule has 1 heterocycles. The molecule has 1 aliphatic rings. The van der Waals surface area contributed by atoms with Crippen LogP contribution < -0.4 is 0 Å². The molecular formula is C15H24O4. The van der Waals surface area contributed by atoms with Crippen molar-refractivity contribution in [3.8, 4) is 0 Å². The van der Waals surface area contributed by atoms with E-state index in [9.17, 15) is 0 Å². The van der Waals surface area contributed by atoms with Gasteiger partial charge in [0.05, 0.1) is 25.9 Å². The summed E-state index contributed by atoms with van der Waals surface area (Å²) in [6, 6.07) is 0. The molecule has 3 atom stereocenters. The Morgan fingerprint density at radius 3 is 2.68 bits per heavy atom. The van der Waals surface area contributed by atoms with Gasteiger partial charge in [-0.1, -0.05) is 18.2 Å². The van der Waals surface area contributed by atoms with E-state index in [4.69, 9.17) is 18.9 Å². The Labute approximate surface area is 115 Å². The van der Waals surface area contributed by atoms with E-state index in [1.807, 2.05) is 25.2 Å². The average molecular weight is 268 g/mol. The molecule has 19 heavy (non-hydrogen) atoms. The number of hydrogen-bond donors (Lipinski definition) is 0. The largest absolute Gasteiger partial charge is 0.379 e. The molecule has 0 aliphatic carbocycles. The van der Waals surface area contributed by atoms with Gasteiger partial charge in [-0.15, -0.1) is 13.2 Å². The zero-order valence-electron chi connectivity index (χ0n) is 11.6. The van der Waals surface area contributed by atoms with Crippen molar-refractivity contribution in [1.82, 2.24) is 0 Å². The molecule has 0 spiro atoms. The average Bonchev–Trinajstić information content (AvgIpc) is 2.43. The summed E-state index contributed by atoms with van der Waals surface area (Å²) in [5, 5.41) is 0. The van der Waals surface area contributed by atoms with E-state index in [1.165, 1.54) is 0 Å². The fourth-order valence-electron chi connectivity index (χ4n) is 1.78. The molecule has 1 unspecified atom stereocenters. The predicted molar refractivity (Wildman–Crippen MR) is 75.0 cm³/mol. The van der Waals surface area contributed by atoms with E-state index < -0.39 is 0 Å². The first kappa shape index (κ1) is 16.1. The summed E-state index contributed by atoms with van der Waals surface area (Å²) >= 11 is 0. The predicted octanol–water partition coefficient (Wildman–Crippen LogP) is 2.47. The summed E-state index contributed by atoms with van der Waals surface area (Å²) < 4.78 is 22.2. The van der Waals surface area contributed by atoms with Gasteiger partial charge in [0.1, 0.15) is 6.10 Å². The maximum absolute atomic E-state index is 5.82. The molecule has 108 valence electrons. The zero-order valence-corrected chi connectivity index (χ0v) is 11.6. The summed E-state index contributed by atoms with van der Waals surface area (Å²) in [6.07, 6.45) is 7.63. The molecule has 0 aromatic rings. The lowest BCUT2D eigenvalue weighted by Crippen LogP contribution is -2.38. The van der Waals surface area contributed by atoms with Crippen LogP contribution in [0, 0.1) is 0 Å². The van der Waals surface area contributed by atoms with Crippen molar-refractivity contribution in [2.24, 2.45) is 0 Å². The van der Waals surface area contributed by atoms with E-state index in [2.05, 4.69) is 13.2 Å². The van der Waals surface area contributed by atoms with Gasteiger partial charge in [0.2, 0.25) is 0 Å². The smallest absolute Gasteiger partial charge is 0.177 e. The quantitative estimate of drug-likeness (QED) is 0.450. The first-order valence-corrected chi connectivity index (χ1v) is 6.68. The van der Waals surface area contributed by atoms with Gasteiger partial charge in [-0.05, 0) is 19.4 Å². The molecule has 4 nitrogen and oxygen atoms in total. The first-order valence-electron chi connectivity index (χ1n) is 6.68. The summed E-state index contributed by atoms with van der Waals surface area (Å²) in [5.74, 6) is 0. The van der Waals surface area contributed by atoms with Gasteiger partial charge in [0, 0.05) is 6.61 Å². The fourth-order valence-corrected chi connectivity index (χ4v) is 1.78. The zero-order chi connectivity index (χ0) is 13.9. The van der Waals surface area contributed by atoms with Crippen LogP contribution in [0.5, 0.6) is 0 Å². The Balaban J connectivity index is 2.41. The third kappa shape index (κ3) is 6.16. The van der Waals surface area contributed by atoms with Crippen molar-refractivity contribution in [2.45, 2.75) is 31.8 Å². The maximum atomic E-state index is 5.82. The van der Waals surface area contributed by atoms with Crippen LogP contribution in [-0.4, -0.2) is 44.9 Å². The lowest BCUT2D eigenvalue weighted by atomic mass is 10.1. The van der Waals surface area contributed by atoms with Gasteiger partial charge < -0.3 is 18.9 Å². The summed E-state index contributed by atoms with van der Waals surface area (Å²) in [6.45, 7) is 11.6. The van der Waals surface area contributed by atoms with E-state index in [-0.39, 0.29) is 18.5 Å². The summed E-state index contributed by atoms with van der Waals surface area (Å²) in [5.41, 5.74) is 0. The second-order valence-electron chi connectivity index (χ2n) is 4.11. The molecule has 0 radical (unpaired) electrons. The monoisotopic (exact) mass is 268 g/mol. The van der Waals surface area contributed by atoms with Crippen molar-refractivity contribution in [3.63, 3.8) is 0 Å². The van der Waals surface area contributed by atoms with Crippen molar-refractivity contribution in [2.75, 3.05) is 26.4 Å². The highest BCUT2D eigenvalue weighted by Crippen LogP contribution is 2.19. The second kappa shape index (κ2) is 9.92. The topological polar surface area (TPSA) is 36.9 Å². The van der Waals surface area contributed by atoms with E-state index in [0.29, 0.717) is 26.4 Å². The number of ether oxygens (including phenoxy) is 4. The number of hydrogen-bond acceptors (Lipinski definition) is 4. The van der Waals surface area contributed by atoms with Crippen LogP contribution in [0.2, 0.25) is 0 Å². The molecule has 1 rings (SSSR count). The van der Waals surface area contributed by atoms with Gasteiger partial charge in [-0.25, -0.2) is 0 Å². The minimum absolute atomic E-state index is 0.0699. The third-order valence-corrected chi connectivity index (χ3v) is 2.65. The fraction of sp³-hybridized carbons (Fsp3) is 0.600. The summed E-state index contributed by atoms with van der Waals surface area (Å²) in [4.78, 5) is 0. The van der Waals surface area contributed by atoms with Gasteiger partial charge in [0.15, 0.2) is 6.29 Å². The van der Waals surface area contributed by atoms with Crippen LogP contribution >= 0.6 is 0 Å². The Kier molecular flexibility index (Phi) is 8.41. The Morgan fingerprint density at radius 2 is 2.00 bits per heavy atom. The first-order chi connectivity index (χ1) is 9.31. The maximum Gasteiger partial charge on any atom is 0.177 e. The molecule has 0 saturated carbocycles. The van der Waals surface area contributed by atoms with E-state index in [1.54, 1.807) is 6.08 Å². The van der Waals surface area contributed by atoms with Crippen molar-refractivity contribution >= 4 is 0 Å². The van der Waals surface area contributed by atoms with Crippen molar-refractivity contribution < 1.29 is 18.9 Å². The third-order valence-electron chi connectivity index (χ3n) is 2.65. The normalized spacial score (nSPS) is 26.3. The molecule has 0 aromatic carbocycles. The lowest BCUT2D eigenvalue weighted by Gasteiger charge is -2.31. The van der Waals surface area contributed by atoms with Gasteiger partial charge in [-0.2, -0.15) is 0 Å². The van der Waals surface area contributed by atoms with Crippen molar-refractivity contribution in [3.05, 3.63) is 37.5 Å². The lowest BCUT2D eigenvalue weighted by molar-refractivity contribution is -0.180. The van der Waals surface area contributed by atoms with Crippen LogP contribution in [0.4, 0.5) is 0 Å². The van der Waals surface area contributed by atoms with Gasteiger partial charge in [0.25, 0.3) is 0 Å². The molecule has 0 amide bonds. The minimum atomic E-state index is -0.339. The van der Waals surface area contributed by atoms with Crippen LogP contribution in [0.15, 0.2) is 37.5 Å². The molecular weight excluding hydrogens is 244 g/mol. The highest BCUT2D eigenvalue weighted by molar-refractivity contribution is 5.02. The Hall–Kier alpha value is -0.940. The molecule has 0 bridgehead atoms. The van der Waals surface area contributed by atoms with Gasteiger partial charge >= 0.3 is 0 Å². The Morgan fingerprint density at radius 1 is 1.16 bits per heavy atom.